The Kier molecular flexibility index (Phi) is 1.41. The monoisotopic (exact) mass is 148 g/mol. The van der Waals surface area contributed by atoms with Crippen LogP contribution in [0.2, 0.25) is 0 Å². The number of hydrogen-bond acceptors (Lipinski definition) is 2. The Labute approximate surface area is 66.7 Å². The Balaban J connectivity index is 2.57. The summed E-state index contributed by atoms with van der Waals surface area (Å²) in [5.74, 6) is 0.645. The molecule has 0 saturated heterocycles. The number of hydrogen-bond donors (Lipinski definition) is 0. The molecule has 2 rings (SSSR count). The van der Waals surface area contributed by atoms with Crippen molar-refractivity contribution >= 4 is 0 Å². The van der Waals surface area contributed by atoms with Gasteiger partial charge in [0.25, 0.3) is 0 Å². The standard InChI is InChI=1S/C9H12N2/c1-6-3-4-8-7(2)10-5-11-9(6)8/h5-6H,3-4H2,1-2H3. The van der Waals surface area contributed by atoms with Crippen LogP contribution in [0.1, 0.15) is 36.2 Å². The van der Waals surface area contributed by atoms with Crippen LogP contribution in [0.15, 0.2) is 6.33 Å². The minimum Gasteiger partial charge on any atom is -0.241 e. The lowest BCUT2D eigenvalue weighted by Gasteiger charge is -2.02. The van der Waals surface area contributed by atoms with E-state index in [2.05, 4.69) is 23.8 Å². The van der Waals surface area contributed by atoms with Gasteiger partial charge in [-0.2, -0.15) is 0 Å². The maximum absolute atomic E-state index is 4.29. The highest BCUT2D eigenvalue weighted by molar-refractivity contribution is 5.30. The molecule has 0 spiro atoms. The average molecular weight is 148 g/mol. The topological polar surface area (TPSA) is 25.8 Å². The zero-order valence-corrected chi connectivity index (χ0v) is 6.96. The molecule has 0 radical (unpaired) electrons. The molecule has 0 amide bonds. The van der Waals surface area contributed by atoms with Gasteiger partial charge in [0, 0.05) is 5.69 Å². The van der Waals surface area contributed by atoms with Crippen LogP contribution in [0.5, 0.6) is 0 Å². The third-order valence-corrected chi connectivity index (χ3v) is 2.49. The first-order valence-corrected chi connectivity index (χ1v) is 4.09. The molecule has 0 bridgehead atoms. The minimum absolute atomic E-state index is 0.645. The van der Waals surface area contributed by atoms with Crippen molar-refractivity contribution in [2.24, 2.45) is 0 Å². The van der Waals surface area contributed by atoms with E-state index in [4.69, 9.17) is 0 Å². The van der Waals surface area contributed by atoms with E-state index in [0.717, 1.165) is 0 Å². The third kappa shape index (κ3) is 0.934. The van der Waals surface area contributed by atoms with E-state index in [9.17, 15) is 0 Å². The second-order valence-electron chi connectivity index (χ2n) is 3.26. The van der Waals surface area contributed by atoms with Gasteiger partial charge in [0.15, 0.2) is 0 Å². The van der Waals surface area contributed by atoms with Crippen molar-refractivity contribution < 1.29 is 0 Å². The molecule has 0 N–H and O–H groups in total. The Morgan fingerprint density at radius 1 is 1.45 bits per heavy atom. The van der Waals surface area contributed by atoms with E-state index >= 15 is 0 Å². The molecule has 0 fully saturated rings. The molecule has 1 aliphatic rings. The minimum atomic E-state index is 0.645. The third-order valence-electron chi connectivity index (χ3n) is 2.49. The lowest BCUT2D eigenvalue weighted by Crippen LogP contribution is -1.95. The number of fused-ring (bicyclic) bond motifs is 1. The van der Waals surface area contributed by atoms with Crippen molar-refractivity contribution in [2.75, 3.05) is 0 Å². The SMILES string of the molecule is Cc1ncnc2c1CCC2C. The highest BCUT2D eigenvalue weighted by Gasteiger charge is 2.21. The predicted octanol–water partition coefficient (Wildman–Crippen LogP) is 1.83. The van der Waals surface area contributed by atoms with Gasteiger partial charge in [-0.1, -0.05) is 6.92 Å². The first-order valence-electron chi connectivity index (χ1n) is 4.09. The van der Waals surface area contributed by atoms with Crippen LogP contribution < -0.4 is 0 Å². The zero-order valence-electron chi connectivity index (χ0n) is 6.96. The van der Waals surface area contributed by atoms with Gasteiger partial charge in [0.05, 0.1) is 5.69 Å². The summed E-state index contributed by atoms with van der Waals surface area (Å²) in [6, 6.07) is 0. The average Bonchev–Trinajstić information content (AvgIpc) is 2.35. The molecule has 0 saturated carbocycles. The highest BCUT2D eigenvalue weighted by Crippen LogP contribution is 2.31. The Hall–Kier alpha value is -0.920. The smallest absolute Gasteiger partial charge is 0.115 e. The van der Waals surface area contributed by atoms with Crippen molar-refractivity contribution in [3.63, 3.8) is 0 Å². The van der Waals surface area contributed by atoms with Crippen molar-refractivity contribution in [1.29, 1.82) is 0 Å². The molecule has 1 unspecified atom stereocenters. The fourth-order valence-corrected chi connectivity index (χ4v) is 1.75. The summed E-state index contributed by atoms with van der Waals surface area (Å²) in [5.41, 5.74) is 3.83. The molecule has 0 aromatic carbocycles. The second kappa shape index (κ2) is 2.29. The summed E-state index contributed by atoms with van der Waals surface area (Å²) < 4.78 is 0. The van der Waals surface area contributed by atoms with E-state index in [1.165, 1.54) is 29.8 Å². The summed E-state index contributed by atoms with van der Waals surface area (Å²) in [6.07, 6.45) is 4.09. The van der Waals surface area contributed by atoms with Crippen LogP contribution in [0.3, 0.4) is 0 Å². The lowest BCUT2D eigenvalue weighted by atomic mass is 10.1. The molecule has 1 atom stereocenters. The molecule has 0 aliphatic heterocycles. The number of nitrogens with zero attached hydrogens (tertiary/aromatic N) is 2. The van der Waals surface area contributed by atoms with Gasteiger partial charge >= 0.3 is 0 Å². The van der Waals surface area contributed by atoms with Crippen LogP contribution in [0.25, 0.3) is 0 Å². The van der Waals surface area contributed by atoms with Gasteiger partial charge in [-0.25, -0.2) is 9.97 Å². The van der Waals surface area contributed by atoms with Gasteiger partial charge in [0.2, 0.25) is 0 Å². The number of rotatable bonds is 0. The maximum Gasteiger partial charge on any atom is 0.115 e. The summed E-state index contributed by atoms with van der Waals surface area (Å²) in [5, 5.41) is 0. The molecule has 1 aromatic heterocycles. The van der Waals surface area contributed by atoms with E-state index in [1.807, 2.05) is 0 Å². The maximum atomic E-state index is 4.29. The number of aryl methyl sites for hydroxylation is 1. The summed E-state index contributed by atoms with van der Waals surface area (Å²) in [4.78, 5) is 8.46. The van der Waals surface area contributed by atoms with Crippen LogP contribution in [0, 0.1) is 6.92 Å². The van der Waals surface area contributed by atoms with E-state index in [-0.39, 0.29) is 0 Å². The Bertz CT molecular complexity index is 281. The first kappa shape index (κ1) is 6.77. The quantitative estimate of drug-likeness (QED) is 0.561. The number of aromatic nitrogens is 2. The van der Waals surface area contributed by atoms with Crippen LogP contribution in [-0.4, -0.2) is 9.97 Å². The van der Waals surface area contributed by atoms with Gasteiger partial charge in [-0.3, -0.25) is 0 Å². The molecule has 58 valence electrons. The molecule has 1 heterocycles. The van der Waals surface area contributed by atoms with Crippen molar-refractivity contribution in [1.82, 2.24) is 9.97 Å². The molecule has 11 heavy (non-hydrogen) atoms. The lowest BCUT2D eigenvalue weighted by molar-refractivity contribution is 0.730. The Morgan fingerprint density at radius 2 is 2.27 bits per heavy atom. The van der Waals surface area contributed by atoms with E-state index in [0.29, 0.717) is 5.92 Å². The van der Waals surface area contributed by atoms with Gasteiger partial charge < -0.3 is 0 Å². The molecular weight excluding hydrogens is 136 g/mol. The Morgan fingerprint density at radius 3 is 3.00 bits per heavy atom. The second-order valence-corrected chi connectivity index (χ2v) is 3.26. The first-order chi connectivity index (χ1) is 5.29. The molecular formula is C9H12N2. The van der Waals surface area contributed by atoms with Gasteiger partial charge in [-0.15, -0.1) is 0 Å². The summed E-state index contributed by atoms with van der Waals surface area (Å²) >= 11 is 0. The van der Waals surface area contributed by atoms with E-state index < -0.39 is 0 Å². The van der Waals surface area contributed by atoms with Crippen LogP contribution in [0.4, 0.5) is 0 Å². The fraction of sp³-hybridized carbons (Fsp3) is 0.556. The summed E-state index contributed by atoms with van der Waals surface area (Å²) in [7, 11) is 0. The zero-order chi connectivity index (χ0) is 7.84. The van der Waals surface area contributed by atoms with Gasteiger partial charge in [-0.05, 0) is 31.2 Å². The van der Waals surface area contributed by atoms with Crippen LogP contribution >= 0.6 is 0 Å². The summed E-state index contributed by atoms with van der Waals surface area (Å²) in [6.45, 7) is 4.30. The molecule has 1 aliphatic carbocycles. The van der Waals surface area contributed by atoms with Crippen molar-refractivity contribution in [3.8, 4) is 0 Å². The van der Waals surface area contributed by atoms with Crippen molar-refractivity contribution in [2.45, 2.75) is 32.6 Å². The molecule has 2 heteroatoms. The highest BCUT2D eigenvalue weighted by atomic mass is 14.8. The molecule has 2 nitrogen and oxygen atoms in total. The molecule has 1 aromatic rings. The van der Waals surface area contributed by atoms with Crippen molar-refractivity contribution in [3.05, 3.63) is 23.3 Å². The van der Waals surface area contributed by atoms with E-state index in [1.54, 1.807) is 6.33 Å². The van der Waals surface area contributed by atoms with Gasteiger partial charge in [0.1, 0.15) is 6.33 Å². The normalized spacial score (nSPS) is 21.8. The van der Waals surface area contributed by atoms with Crippen LogP contribution in [-0.2, 0) is 6.42 Å². The largest absolute Gasteiger partial charge is 0.241 e. The fourth-order valence-electron chi connectivity index (χ4n) is 1.75. The predicted molar refractivity (Wildman–Crippen MR) is 43.5 cm³/mol.